The number of benzene rings is 1. The van der Waals surface area contributed by atoms with Gasteiger partial charge in [-0.15, -0.1) is 22.7 Å². The number of para-hydroxylation sites is 1. The average molecular weight is 470 g/mol. The lowest BCUT2D eigenvalue weighted by atomic mass is 10.0. The van der Waals surface area contributed by atoms with E-state index in [1.807, 2.05) is 48.0 Å². The van der Waals surface area contributed by atoms with Gasteiger partial charge >= 0.3 is 0 Å². The zero-order valence-corrected chi connectivity index (χ0v) is 19.2. The summed E-state index contributed by atoms with van der Waals surface area (Å²) in [5.74, 6) is 1.39. The van der Waals surface area contributed by atoms with Crippen LogP contribution in [0, 0.1) is 0 Å². The van der Waals surface area contributed by atoms with Crippen LogP contribution in [0.15, 0.2) is 65.5 Å². The van der Waals surface area contributed by atoms with Gasteiger partial charge in [0.25, 0.3) is 5.91 Å². The maximum Gasteiger partial charge on any atom is 0.262 e. The van der Waals surface area contributed by atoms with Gasteiger partial charge in [-0.25, -0.2) is 0 Å². The first-order valence-electron chi connectivity index (χ1n) is 9.98. The normalized spacial score (nSPS) is 12.0. The number of aromatic amines is 1. The predicted molar refractivity (Wildman–Crippen MR) is 131 cm³/mol. The van der Waals surface area contributed by atoms with Gasteiger partial charge in [-0.2, -0.15) is 11.8 Å². The molecule has 5 nitrogen and oxygen atoms in total. The molecule has 0 fully saturated rings. The van der Waals surface area contributed by atoms with E-state index in [4.69, 9.17) is 0 Å². The van der Waals surface area contributed by atoms with Crippen LogP contribution in [0.25, 0.3) is 10.9 Å². The minimum atomic E-state index is -0.642. The van der Waals surface area contributed by atoms with Gasteiger partial charge in [-0.1, -0.05) is 30.3 Å². The van der Waals surface area contributed by atoms with Crippen molar-refractivity contribution in [2.75, 3.05) is 12.3 Å². The fourth-order valence-electron chi connectivity index (χ4n) is 3.30. The molecule has 1 aromatic carbocycles. The number of fused-ring (bicyclic) bond motifs is 1. The second-order valence-electron chi connectivity index (χ2n) is 6.99. The monoisotopic (exact) mass is 469 g/mol. The van der Waals surface area contributed by atoms with Gasteiger partial charge in [-0.05, 0) is 34.5 Å². The van der Waals surface area contributed by atoms with Crippen molar-refractivity contribution in [3.63, 3.8) is 0 Å². The third-order valence-electron chi connectivity index (χ3n) is 4.84. The fourth-order valence-corrected chi connectivity index (χ4v) is 5.63. The number of thiophene rings is 2. The summed E-state index contributed by atoms with van der Waals surface area (Å²) in [7, 11) is 0. The van der Waals surface area contributed by atoms with E-state index < -0.39 is 6.04 Å². The molecule has 0 saturated carbocycles. The standard InChI is InChI=1S/C23H23N3O2S3/c27-22(24-9-12-29-15-17-5-3-10-30-17)20(26-23(28)21-8-4-11-31-21)13-16-14-25-19-7-2-1-6-18(16)19/h1-8,10-11,14,20,25H,9,12-13,15H2,(H,24,27)(H,26,28)/t20-/m0/s1. The predicted octanol–water partition coefficient (Wildman–Crippen LogP) is 4.68. The highest BCUT2D eigenvalue weighted by Crippen LogP contribution is 2.20. The van der Waals surface area contributed by atoms with E-state index in [-0.39, 0.29) is 11.8 Å². The lowest BCUT2D eigenvalue weighted by Gasteiger charge is -2.18. The van der Waals surface area contributed by atoms with E-state index in [2.05, 4.69) is 27.1 Å². The Hall–Kier alpha value is -2.55. The summed E-state index contributed by atoms with van der Waals surface area (Å²) >= 11 is 4.90. The minimum absolute atomic E-state index is 0.160. The lowest BCUT2D eigenvalue weighted by molar-refractivity contribution is -0.122. The van der Waals surface area contributed by atoms with E-state index >= 15 is 0 Å². The molecule has 0 saturated heterocycles. The number of rotatable bonds is 10. The van der Waals surface area contributed by atoms with Crippen LogP contribution in [-0.4, -0.2) is 35.1 Å². The highest BCUT2D eigenvalue weighted by atomic mass is 32.2. The number of aromatic nitrogens is 1. The molecule has 0 spiro atoms. The number of nitrogens with one attached hydrogen (secondary N) is 3. The molecule has 0 aliphatic heterocycles. The Morgan fingerprint density at radius 3 is 2.68 bits per heavy atom. The molecule has 8 heteroatoms. The van der Waals surface area contributed by atoms with E-state index in [1.54, 1.807) is 29.2 Å². The second kappa shape index (κ2) is 10.7. The maximum absolute atomic E-state index is 13.0. The van der Waals surface area contributed by atoms with Crippen LogP contribution in [0.3, 0.4) is 0 Å². The molecule has 31 heavy (non-hydrogen) atoms. The van der Waals surface area contributed by atoms with Crippen molar-refractivity contribution in [2.24, 2.45) is 0 Å². The molecular formula is C23H23N3O2S3. The summed E-state index contributed by atoms with van der Waals surface area (Å²) in [5, 5.41) is 10.9. The molecule has 0 aliphatic carbocycles. The highest BCUT2D eigenvalue weighted by molar-refractivity contribution is 7.98. The molecule has 0 unspecified atom stereocenters. The first-order chi connectivity index (χ1) is 15.2. The molecule has 4 aromatic rings. The average Bonchev–Trinajstić information content (AvgIpc) is 3.55. The van der Waals surface area contributed by atoms with E-state index in [0.29, 0.717) is 17.8 Å². The number of thioether (sulfide) groups is 1. The van der Waals surface area contributed by atoms with E-state index in [1.165, 1.54) is 16.2 Å². The Kier molecular flexibility index (Phi) is 7.45. The molecular weight excluding hydrogens is 446 g/mol. The molecule has 160 valence electrons. The van der Waals surface area contributed by atoms with Crippen LogP contribution in [0.4, 0.5) is 0 Å². The Labute approximate surface area is 193 Å². The number of hydrogen-bond donors (Lipinski definition) is 3. The molecule has 1 atom stereocenters. The van der Waals surface area contributed by atoms with Crippen molar-refractivity contribution in [3.05, 3.63) is 80.8 Å². The van der Waals surface area contributed by atoms with Gasteiger partial charge in [0, 0.05) is 46.4 Å². The molecule has 3 aromatic heterocycles. The third kappa shape index (κ3) is 5.78. The summed E-state index contributed by atoms with van der Waals surface area (Å²) < 4.78 is 0. The number of hydrogen-bond acceptors (Lipinski definition) is 5. The van der Waals surface area contributed by atoms with Crippen molar-refractivity contribution >= 4 is 57.2 Å². The quantitative estimate of drug-likeness (QED) is 0.295. The zero-order valence-electron chi connectivity index (χ0n) is 16.8. The van der Waals surface area contributed by atoms with E-state index in [9.17, 15) is 9.59 Å². The Morgan fingerprint density at radius 1 is 1.03 bits per heavy atom. The van der Waals surface area contributed by atoms with Gasteiger partial charge in [0.1, 0.15) is 6.04 Å². The van der Waals surface area contributed by atoms with Crippen molar-refractivity contribution in [3.8, 4) is 0 Å². The largest absolute Gasteiger partial charge is 0.361 e. The van der Waals surface area contributed by atoms with Crippen molar-refractivity contribution in [2.45, 2.75) is 18.2 Å². The molecule has 3 N–H and O–H groups in total. The van der Waals surface area contributed by atoms with Crippen LogP contribution < -0.4 is 10.6 Å². The van der Waals surface area contributed by atoms with E-state index in [0.717, 1.165) is 28.0 Å². The van der Waals surface area contributed by atoms with Gasteiger partial charge in [0.2, 0.25) is 5.91 Å². The Bertz CT molecular complexity index is 1120. The lowest BCUT2D eigenvalue weighted by Crippen LogP contribution is -2.48. The number of carbonyl (C=O) groups excluding carboxylic acids is 2. The number of carbonyl (C=O) groups is 2. The summed E-state index contributed by atoms with van der Waals surface area (Å²) in [4.78, 5) is 30.8. The summed E-state index contributed by atoms with van der Waals surface area (Å²) in [5.41, 5.74) is 2.03. The molecule has 0 radical (unpaired) electrons. The minimum Gasteiger partial charge on any atom is -0.361 e. The van der Waals surface area contributed by atoms with Crippen molar-refractivity contribution in [1.82, 2.24) is 15.6 Å². The van der Waals surface area contributed by atoms with Crippen molar-refractivity contribution < 1.29 is 9.59 Å². The second-order valence-corrected chi connectivity index (χ2v) is 10.1. The molecule has 3 heterocycles. The Balaban J connectivity index is 1.38. The van der Waals surface area contributed by atoms with Crippen molar-refractivity contribution in [1.29, 1.82) is 0 Å². The van der Waals surface area contributed by atoms with Crippen LogP contribution in [0.5, 0.6) is 0 Å². The first-order valence-corrected chi connectivity index (χ1v) is 12.9. The zero-order chi connectivity index (χ0) is 21.5. The van der Waals surface area contributed by atoms with Crippen LogP contribution in [0.2, 0.25) is 0 Å². The number of amides is 2. The van der Waals surface area contributed by atoms with Crippen LogP contribution in [0.1, 0.15) is 20.1 Å². The van der Waals surface area contributed by atoms with Gasteiger partial charge in [0.05, 0.1) is 4.88 Å². The highest BCUT2D eigenvalue weighted by Gasteiger charge is 2.23. The fraction of sp³-hybridized carbons (Fsp3) is 0.217. The smallest absolute Gasteiger partial charge is 0.262 e. The Morgan fingerprint density at radius 2 is 1.87 bits per heavy atom. The number of H-pyrrole nitrogens is 1. The molecule has 2 amide bonds. The summed E-state index contributed by atoms with van der Waals surface area (Å²) in [6, 6.07) is 15.1. The topological polar surface area (TPSA) is 74.0 Å². The summed E-state index contributed by atoms with van der Waals surface area (Å²) in [6.45, 7) is 0.564. The van der Waals surface area contributed by atoms with Gasteiger partial charge in [0.15, 0.2) is 0 Å². The molecule has 4 rings (SSSR count). The van der Waals surface area contributed by atoms with Gasteiger partial charge < -0.3 is 15.6 Å². The maximum atomic E-state index is 13.0. The summed E-state index contributed by atoms with van der Waals surface area (Å²) in [6.07, 6.45) is 2.34. The molecule has 0 bridgehead atoms. The third-order valence-corrected chi connectivity index (χ3v) is 7.77. The first kappa shape index (κ1) is 21.7. The van der Waals surface area contributed by atoms with Crippen LogP contribution >= 0.6 is 34.4 Å². The van der Waals surface area contributed by atoms with Crippen LogP contribution in [-0.2, 0) is 17.0 Å². The SMILES string of the molecule is O=C(N[C@@H](Cc1c[nH]c2ccccc12)C(=O)NCCSCc1cccs1)c1cccs1. The van der Waals surface area contributed by atoms with Gasteiger partial charge in [-0.3, -0.25) is 9.59 Å². The molecule has 0 aliphatic rings.